The van der Waals surface area contributed by atoms with E-state index in [2.05, 4.69) is 0 Å². The summed E-state index contributed by atoms with van der Waals surface area (Å²) in [5.41, 5.74) is 6.57. The fraction of sp³-hybridized carbons (Fsp3) is 0.533. The SMILES string of the molecule is CC1(O)CCCN(C(=O)c2ccc(CCN)cc2)C1. The molecule has 0 radical (unpaired) electrons. The van der Waals surface area contributed by atoms with Gasteiger partial charge in [0.1, 0.15) is 0 Å². The number of likely N-dealkylation sites (tertiary alicyclic amines) is 1. The highest BCUT2D eigenvalue weighted by molar-refractivity contribution is 5.94. The van der Waals surface area contributed by atoms with Crippen LogP contribution in [0, 0.1) is 0 Å². The van der Waals surface area contributed by atoms with Crippen molar-refractivity contribution in [1.82, 2.24) is 4.90 Å². The van der Waals surface area contributed by atoms with E-state index in [1.54, 1.807) is 11.8 Å². The Kier molecular flexibility index (Phi) is 4.22. The van der Waals surface area contributed by atoms with Crippen LogP contribution in [-0.2, 0) is 6.42 Å². The number of piperidine rings is 1. The molecule has 1 unspecified atom stereocenters. The van der Waals surface area contributed by atoms with Gasteiger partial charge in [0.25, 0.3) is 5.91 Å². The fourth-order valence-electron chi connectivity index (χ4n) is 2.56. The lowest BCUT2D eigenvalue weighted by Crippen LogP contribution is -2.48. The van der Waals surface area contributed by atoms with Gasteiger partial charge in [-0.2, -0.15) is 0 Å². The number of hydrogen-bond donors (Lipinski definition) is 2. The van der Waals surface area contributed by atoms with E-state index in [9.17, 15) is 9.90 Å². The second-order valence-electron chi connectivity index (χ2n) is 5.56. The molecule has 1 atom stereocenters. The maximum atomic E-state index is 12.3. The molecule has 4 heteroatoms. The van der Waals surface area contributed by atoms with E-state index >= 15 is 0 Å². The molecule has 1 saturated heterocycles. The van der Waals surface area contributed by atoms with Crippen LogP contribution in [0.2, 0.25) is 0 Å². The number of nitrogens with zero attached hydrogens (tertiary/aromatic N) is 1. The van der Waals surface area contributed by atoms with E-state index in [0.29, 0.717) is 18.7 Å². The summed E-state index contributed by atoms with van der Waals surface area (Å²) in [6.07, 6.45) is 2.43. The van der Waals surface area contributed by atoms with Crippen LogP contribution in [0.5, 0.6) is 0 Å². The van der Waals surface area contributed by atoms with Gasteiger partial charge in [0, 0.05) is 18.7 Å². The van der Waals surface area contributed by atoms with Gasteiger partial charge in [-0.1, -0.05) is 12.1 Å². The van der Waals surface area contributed by atoms with Gasteiger partial charge >= 0.3 is 0 Å². The molecule has 1 fully saturated rings. The lowest BCUT2D eigenvalue weighted by molar-refractivity contribution is -0.0107. The zero-order chi connectivity index (χ0) is 13.9. The zero-order valence-electron chi connectivity index (χ0n) is 11.4. The molecule has 1 aliphatic heterocycles. The predicted molar refractivity (Wildman–Crippen MR) is 75.0 cm³/mol. The van der Waals surface area contributed by atoms with Crippen molar-refractivity contribution in [1.29, 1.82) is 0 Å². The minimum Gasteiger partial charge on any atom is -0.388 e. The van der Waals surface area contributed by atoms with E-state index in [1.165, 1.54) is 0 Å². The number of nitrogens with two attached hydrogens (primary N) is 1. The van der Waals surface area contributed by atoms with Crippen LogP contribution in [-0.4, -0.2) is 41.1 Å². The van der Waals surface area contributed by atoms with E-state index in [0.717, 1.165) is 31.4 Å². The molecule has 3 N–H and O–H groups in total. The van der Waals surface area contributed by atoms with Gasteiger partial charge in [-0.3, -0.25) is 4.79 Å². The van der Waals surface area contributed by atoms with Gasteiger partial charge in [0.15, 0.2) is 0 Å². The predicted octanol–water partition coefficient (Wildman–Crippen LogP) is 1.17. The lowest BCUT2D eigenvalue weighted by atomic mass is 9.94. The molecule has 0 bridgehead atoms. The highest BCUT2D eigenvalue weighted by Crippen LogP contribution is 2.22. The second kappa shape index (κ2) is 5.72. The first kappa shape index (κ1) is 14.0. The van der Waals surface area contributed by atoms with Crippen LogP contribution in [0.25, 0.3) is 0 Å². The Hall–Kier alpha value is -1.39. The molecule has 0 aromatic heterocycles. The fourth-order valence-corrected chi connectivity index (χ4v) is 2.56. The first-order valence-electron chi connectivity index (χ1n) is 6.82. The van der Waals surface area contributed by atoms with Crippen molar-refractivity contribution in [3.63, 3.8) is 0 Å². The maximum Gasteiger partial charge on any atom is 0.253 e. The number of β-amino-alcohol motifs (C(OH)–C–C–N with tert-alkyl or cyclic N) is 1. The van der Waals surface area contributed by atoms with Crippen LogP contribution in [0.15, 0.2) is 24.3 Å². The van der Waals surface area contributed by atoms with Crippen LogP contribution in [0.3, 0.4) is 0 Å². The number of carbonyl (C=O) groups excluding carboxylic acids is 1. The van der Waals surface area contributed by atoms with Crippen molar-refractivity contribution in [3.8, 4) is 0 Å². The van der Waals surface area contributed by atoms with Gasteiger partial charge in [0.05, 0.1) is 5.60 Å². The third kappa shape index (κ3) is 3.55. The number of hydrogen-bond acceptors (Lipinski definition) is 3. The minimum atomic E-state index is -0.757. The smallest absolute Gasteiger partial charge is 0.253 e. The van der Waals surface area contributed by atoms with E-state index in [-0.39, 0.29) is 5.91 Å². The Morgan fingerprint density at radius 1 is 1.42 bits per heavy atom. The Labute approximate surface area is 114 Å². The molecule has 1 aromatic rings. The summed E-state index contributed by atoms with van der Waals surface area (Å²) in [7, 11) is 0. The van der Waals surface area contributed by atoms with Crippen LogP contribution < -0.4 is 5.73 Å². The number of benzene rings is 1. The number of aliphatic hydroxyl groups is 1. The van der Waals surface area contributed by atoms with Gasteiger partial charge in [0.2, 0.25) is 0 Å². The van der Waals surface area contributed by atoms with Gasteiger partial charge < -0.3 is 15.7 Å². The van der Waals surface area contributed by atoms with Crippen molar-refractivity contribution < 1.29 is 9.90 Å². The summed E-state index contributed by atoms with van der Waals surface area (Å²) in [6.45, 7) is 3.54. The second-order valence-corrected chi connectivity index (χ2v) is 5.56. The van der Waals surface area contributed by atoms with E-state index in [4.69, 9.17) is 5.73 Å². The third-order valence-electron chi connectivity index (χ3n) is 3.60. The maximum absolute atomic E-state index is 12.3. The largest absolute Gasteiger partial charge is 0.388 e. The summed E-state index contributed by atoms with van der Waals surface area (Å²) >= 11 is 0. The van der Waals surface area contributed by atoms with Gasteiger partial charge in [-0.25, -0.2) is 0 Å². The Bertz CT molecular complexity index is 440. The summed E-state index contributed by atoms with van der Waals surface area (Å²) < 4.78 is 0. The average molecular weight is 262 g/mol. The quantitative estimate of drug-likeness (QED) is 0.859. The molecule has 2 rings (SSSR count). The van der Waals surface area contributed by atoms with Crippen LogP contribution in [0.1, 0.15) is 35.7 Å². The topological polar surface area (TPSA) is 66.6 Å². The molecular weight excluding hydrogens is 240 g/mol. The molecule has 0 spiro atoms. The minimum absolute atomic E-state index is 0.000673. The van der Waals surface area contributed by atoms with E-state index < -0.39 is 5.60 Å². The average Bonchev–Trinajstić information content (AvgIpc) is 2.38. The first-order valence-corrected chi connectivity index (χ1v) is 6.82. The van der Waals surface area contributed by atoms with Crippen molar-refractivity contribution in [2.24, 2.45) is 5.73 Å². The molecule has 1 aromatic carbocycles. The molecule has 1 aliphatic rings. The highest BCUT2D eigenvalue weighted by atomic mass is 16.3. The normalized spacial score (nSPS) is 23.4. The number of rotatable bonds is 3. The number of amides is 1. The zero-order valence-corrected chi connectivity index (χ0v) is 11.4. The molecule has 0 aliphatic carbocycles. The van der Waals surface area contributed by atoms with Gasteiger partial charge in [-0.05, 0) is 50.4 Å². The molecule has 104 valence electrons. The van der Waals surface area contributed by atoms with Crippen molar-refractivity contribution in [3.05, 3.63) is 35.4 Å². The van der Waals surface area contributed by atoms with Crippen molar-refractivity contribution >= 4 is 5.91 Å². The van der Waals surface area contributed by atoms with Crippen molar-refractivity contribution in [2.45, 2.75) is 31.8 Å². The molecule has 19 heavy (non-hydrogen) atoms. The lowest BCUT2D eigenvalue weighted by Gasteiger charge is -2.36. The molecule has 0 saturated carbocycles. The Morgan fingerprint density at radius 3 is 2.68 bits per heavy atom. The molecule has 1 heterocycles. The first-order chi connectivity index (χ1) is 9.02. The van der Waals surface area contributed by atoms with Gasteiger partial charge in [-0.15, -0.1) is 0 Å². The Morgan fingerprint density at radius 2 is 2.11 bits per heavy atom. The standard InChI is InChI=1S/C15H22N2O2/c1-15(19)8-2-10-17(11-15)14(18)13-5-3-12(4-6-13)7-9-16/h3-6,19H,2,7-11,16H2,1H3. The summed E-state index contributed by atoms with van der Waals surface area (Å²) in [4.78, 5) is 14.1. The molecule has 4 nitrogen and oxygen atoms in total. The Balaban J connectivity index is 2.06. The summed E-state index contributed by atoms with van der Waals surface area (Å²) in [6, 6.07) is 7.58. The van der Waals surface area contributed by atoms with Crippen molar-refractivity contribution in [2.75, 3.05) is 19.6 Å². The van der Waals surface area contributed by atoms with Crippen LogP contribution >= 0.6 is 0 Å². The monoisotopic (exact) mass is 262 g/mol. The molecule has 1 amide bonds. The van der Waals surface area contributed by atoms with E-state index in [1.807, 2.05) is 24.3 Å². The number of carbonyl (C=O) groups is 1. The van der Waals surface area contributed by atoms with Crippen LogP contribution in [0.4, 0.5) is 0 Å². The molecular formula is C15H22N2O2. The third-order valence-corrected chi connectivity index (χ3v) is 3.60. The summed E-state index contributed by atoms with van der Waals surface area (Å²) in [5.74, 6) is -0.000673. The highest BCUT2D eigenvalue weighted by Gasteiger charge is 2.31. The summed E-state index contributed by atoms with van der Waals surface area (Å²) in [5, 5.41) is 10.0.